The molecule has 0 saturated carbocycles. The lowest BCUT2D eigenvalue weighted by Crippen LogP contribution is -2.00. The van der Waals surface area contributed by atoms with Crippen LogP contribution in [0.2, 0.25) is 0 Å². The third-order valence-electron chi connectivity index (χ3n) is 10.5. The fourth-order valence-electron chi connectivity index (χ4n) is 8.15. The first-order valence-corrected chi connectivity index (χ1v) is 17.5. The standard InChI is InChI=1S/C48H28N4/c1-2-8-33(9-3-1)46-50-47(36-14-4-13-34(26-36)29-22-24-49-25-23-29)52-48(51-46)37-27-35-21-20-32-11-6-16-39-38-15-5-10-30-18-19-31-12-7-17-40(44(31)42(30)38)41(28-37)45(35)43(32)39/h1-28H. The lowest BCUT2D eigenvalue weighted by atomic mass is 9.87. The van der Waals surface area contributed by atoms with Crippen LogP contribution in [0.25, 0.3) is 110 Å². The maximum atomic E-state index is 5.23. The largest absolute Gasteiger partial charge is 0.265 e. The molecule has 2 heterocycles. The second kappa shape index (κ2) is 11.2. The van der Waals surface area contributed by atoms with E-state index in [-0.39, 0.29) is 0 Å². The van der Waals surface area contributed by atoms with E-state index >= 15 is 0 Å². The van der Waals surface area contributed by atoms with Crippen LogP contribution in [0.5, 0.6) is 0 Å². The molecular weight excluding hydrogens is 633 g/mol. The number of rotatable bonds is 4. The van der Waals surface area contributed by atoms with E-state index in [1.165, 1.54) is 59.2 Å². The van der Waals surface area contributed by atoms with Crippen molar-refractivity contribution in [2.24, 2.45) is 0 Å². The van der Waals surface area contributed by atoms with Crippen molar-refractivity contribution in [2.45, 2.75) is 0 Å². The summed E-state index contributed by atoms with van der Waals surface area (Å²) in [6.07, 6.45) is 3.64. The van der Waals surface area contributed by atoms with Gasteiger partial charge < -0.3 is 0 Å². The van der Waals surface area contributed by atoms with Crippen molar-refractivity contribution in [3.05, 3.63) is 170 Å². The Morgan fingerprint density at radius 2 is 0.750 bits per heavy atom. The minimum atomic E-state index is 0.629. The summed E-state index contributed by atoms with van der Waals surface area (Å²) in [5.41, 5.74) is 4.98. The van der Waals surface area contributed by atoms with Crippen molar-refractivity contribution in [2.75, 3.05) is 0 Å². The van der Waals surface area contributed by atoms with Gasteiger partial charge in [0, 0.05) is 29.1 Å². The smallest absolute Gasteiger partial charge is 0.164 e. The molecule has 2 aromatic heterocycles. The van der Waals surface area contributed by atoms with Crippen LogP contribution in [-0.4, -0.2) is 19.9 Å². The predicted octanol–water partition coefficient (Wildman–Crippen LogP) is 12.3. The topological polar surface area (TPSA) is 51.6 Å². The van der Waals surface area contributed by atoms with Gasteiger partial charge >= 0.3 is 0 Å². The Hall–Kier alpha value is -7.04. The van der Waals surface area contributed by atoms with Gasteiger partial charge in [0.2, 0.25) is 0 Å². The molecule has 0 N–H and O–H groups in total. The minimum Gasteiger partial charge on any atom is -0.265 e. The number of hydrogen-bond acceptors (Lipinski definition) is 4. The fraction of sp³-hybridized carbons (Fsp3) is 0. The number of aromatic nitrogens is 4. The first-order valence-electron chi connectivity index (χ1n) is 17.5. The molecule has 0 fully saturated rings. The van der Waals surface area contributed by atoms with E-state index < -0.39 is 0 Å². The SMILES string of the molecule is c1ccc(-c2nc(-c3cccc(-c4ccncc4)c3)nc(-c3cc4ccc5cccc6c7cccc8ccc9cccc(c(c3)c4c56)c9c87)n2)cc1. The van der Waals surface area contributed by atoms with Crippen molar-refractivity contribution in [1.82, 2.24) is 19.9 Å². The van der Waals surface area contributed by atoms with Gasteiger partial charge in [-0.25, -0.2) is 15.0 Å². The molecule has 9 aromatic carbocycles. The van der Waals surface area contributed by atoms with Crippen molar-refractivity contribution < 1.29 is 0 Å². The van der Waals surface area contributed by atoms with Crippen molar-refractivity contribution >= 4 is 64.6 Å². The Labute approximate surface area is 299 Å². The zero-order valence-corrected chi connectivity index (χ0v) is 28.0. The Balaban J connectivity index is 1.25. The molecule has 0 unspecified atom stereocenters. The molecule has 0 spiro atoms. The summed E-state index contributed by atoms with van der Waals surface area (Å²) >= 11 is 0. The fourth-order valence-corrected chi connectivity index (χ4v) is 8.15. The molecule has 0 aliphatic rings. The van der Waals surface area contributed by atoms with E-state index in [0.29, 0.717) is 17.5 Å². The highest BCUT2D eigenvalue weighted by atomic mass is 15.0. The van der Waals surface area contributed by atoms with Gasteiger partial charge in [-0.2, -0.15) is 0 Å². The highest BCUT2D eigenvalue weighted by molar-refractivity contribution is 6.37. The van der Waals surface area contributed by atoms with E-state index in [1.54, 1.807) is 0 Å². The maximum Gasteiger partial charge on any atom is 0.164 e. The molecule has 0 atom stereocenters. The highest BCUT2D eigenvalue weighted by Gasteiger charge is 2.18. The van der Waals surface area contributed by atoms with Gasteiger partial charge in [0.15, 0.2) is 17.5 Å². The summed E-state index contributed by atoms with van der Waals surface area (Å²) in [6, 6.07) is 56.3. The first kappa shape index (κ1) is 28.8. The van der Waals surface area contributed by atoms with Crippen LogP contribution in [0, 0.1) is 0 Å². The Bertz CT molecular complexity index is 3170. The van der Waals surface area contributed by atoms with Gasteiger partial charge in [-0.05, 0) is 106 Å². The molecule has 0 aliphatic heterocycles. The Kier molecular flexibility index (Phi) is 6.22. The monoisotopic (exact) mass is 660 g/mol. The summed E-state index contributed by atoms with van der Waals surface area (Å²) in [5, 5.41) is 14.9. The summed E-state index contributed by atoms with van der Waals surface area (Å²) in [6.45, 7) is 0. The van der Waals surface area contributed by atoms with E-state index in [1.807, 2.05) is 42.7 Å². The average molecular weight is 661 g/mol. The number of pyridine rings is 1. The average Bonchev–Trinajstić information content (AvgIpc) is 3.22. The molecule has 4 heteroatoms. The second-order valence-electron chi connectivity index (χ2n) is 13.5. The van der Waals surface area contributed by atoms with Gasteiger partial charge in [0.05, 0.1) is 0 Å². The molecule has 0 amide bonds. The first-order chi connectivity index (χ1) is 25.8. The number of nitrogens with zero attached hydrogens (tertiary/aromatic N) is 4. The molecule has 0 aliphatic carbocycles. The minimum absolute atomic E-state index is 0.629. The van der Waals surface area contributed by atoms with Crippen LogP contribution < -0.4 is 0 Å². The zero-order chi connectivity index (χ0) is 34.2. The molecular formula is C48H28N4. The molecule has 11 rings (SSSR count). The Morgan fingerprint density at radius 3 is 1.38 bits per heavy atom. The van der Waals surface area contributed by atoms with Gasteiger partial charge in [0.1, 0.15) is 0 Å². The summed E-state index contributed by atoms with van der Waals surface area (Å²) in [7, 11) is 0. The van der Waals surface area contributed by atoms with Crippen LogP contribution in [-0.2, 0) is 0 Å². The zero-order valence-electron chi connectivity index (χ0n) is 28.0. The molecule has 4 nitrogen and oxygen atoms in total. The molecule has 0 saturated heterocycles. The van der Waals surface area contributed by atoms with Crippen molar-refractivity contribution in [1.29, 1.82) is 0 Å². The Morgan fingerprint density at radius 1 is 0.269 bits per heavy atom. The summed E-state index contributed by atoms with van der Waals surface area (Å²) < 4.78 is 0. The normalized spacial score (nSPS) is 11.8. The van der Waals surface area contributed by atoms with Crippen LogP contribution in [0.4, 0.5) is 0 Å². The summed E-state index contributed by atoms with van der Waals surface area (Å²) in [5.74, 6) is 1.90. The molecule has 0 radical (unpaired) electrons. The molecule has 240 valence electrons. The van der Waals surface area contributed by atoms with E-state index in [0.717, 1.165) is 33.2 Å². The quantitative estimate of drug-likeness (QED) is 0.176. The van der Waals surface area contributed by atoms with E-state index in [2.05, 4.69) is 132 Å². The second-order valence-corrected chi connectivity index (χ2v) is 13.5. The van der Waals surface area contributed by atoms with Crippen LogP contribution in [0.1, 0.15) is 0 Å². The third kappa shape index (κ3) is 4.41. The number of fused-ring (bicyclic) bond motifs is 2. The van der Waals surface area contributed by atoms with Gasteiger partial charge in [-0.1, -0.05) is 127 Å². The lowest BCUT2D eigenvalue weighted by Gasteiger charge is -2.17. The van der Waals surface area contributed by atoms with E-state index in [4.69, 9.17) is 15.0 Å². The maximum absolute atomic E-state index is 5.23. The third-order valence-corrected chi connectivity index (χ3v) is 10.5. The molecule has 0 bridgehead atoms. The van der Waals surface area contributed by atoms with E-state index in [9.17, 15) is 0 Å². The van der Waals surface area contributed by atoms with Crippen LogP contribution in [0.3, 0.4) is 0 Å². The van der Waals surface area contributed by atoms with Crippen molar-refractivity contribution in [3.63, 3.8) is 0 Å². The van der Waals surface area contributed by atoms with Crippen molar-refractivity contribution in [3.8, 4) is 45.3 Å². The van der Waals surface area contributed by atoms with Crippen LogP contribution >= 0.6 is 0 Å². The van der Waals surface area contributed by atoms with Crippen LogP contribution in [0.15, 0.2) is 170 Å². The number of hydrogen-bond donors (Lipinski definition) is 0. The van der Waals surface area contributed by atoms with Gasteiger partial charge in [-0.15, -0.1) is 0 Å². The number of benzene rings is 8. The van der Waals surface area contributed by atoms with Gasteiger partial charge in [0.25, 0.3) is 0 Å². The van der Waals surface area contributed by atoms with Gasteiger partial charge in [-0.3, -0.25) is 4.98 Å². The summed E-state index contributed by atoms with van der Waals surface area (Å²) in [4.78, 5) is 19.7. The molecule has 11 aromatic rings. The lowest BCUT2D eigenvalue weighted by molar-refractivity contribution is 1.07. The highest BCUT2D eigenvalue weighted by Crippen LogP contribution is 2.44. The molecule has 52 heavy (non-hydrogen) atoms. The predicted molar refractivity (Wildman–Crippen MR) is 216 cm³/mol.